The van der Waals surface area contributed by atoms with Gasteiger partial charge in [0.1, 0.15) is 5.75 Å². The van der Waals surface area contributed by atoms with Crippen LogP contribution < -0.4 is 10.6 Å². The van der Waals surface area contributed by atoms with Gasteiger partial charge in [0, 0.05) is 19.0 Å². The van der Waals surface area contributed by atoms with Gasteiger partial charge in [0.2, 0.25) is 5.91 Å². The van der Waals surface area contributed by atoms with Crippen LogP contribution in [0, 0.1) is 0 Å². The first-order valence-corrected chi connectivity index (χ1v) is 11.9. The third-order valence-corrected chi connectivity index (χ3v) is 6.68. The highest BCUT2D eigenvalue weighted by atomic mass is 35.5. The summed E-state index contributed by atoms with van der Waals surface area (Å²) in [5, 5.41) is 27.5. The molecule has 1 amide bonds. The van der Waals surface area contributed by atoms with Crippen molar-refractivity contribution in [3.05, 3.63) is 65.2 Å². The molecule has 2 aromatic carbocycles. The van der Waals surface area contributed by atoms with Crippen LogP contribution >= 0.6 is 12.4 Å². The van der Waals surface area contributed by atoms with E-state index in [0.717, 1.165) is 31.2 Å². The Morgan fingerprint density at radius 2 is 1.76 bits per heavy atom. The lowest BCUT2D eigenvalue weighted by atomic mass is 9.75. The molecule has 0 radical (unpaired) electrons. The monoisotopic (exact) mass is 474 g/mol. The van der Waals surface area contributed by atoms with Gasteiger partial charge in [-0.2, -0.15) is 0 Å². The lowest BCUT2D eigenvalue weighted by molar-refractivity contribution is -0.120. The highest BCUT2D eigenvalue weighted by Gasteiger charge is 2.35. The van der Waals surface area contributed by atoms with Gasteiger partial charge in [-0.1, -0.05) is 69.5 Å². The van der Waals surface area contributed by atoms with Crippen LogP contribution in [0.25, 0.3) is 0 Å². The predicted molar refractivity (Wildman–Crippen MR) is 136 cm³/mol. The molecule has 0 bridgehead atoms. The van der Waals surface area contributed by atoms with Gasteiger partial charge in [0.15, 0.2) is 0 Å². The Morgan fingerprint density at radius 1 is 1.06 bits per heavy atom. The molecule has 33 heavy (non-hydrogen) atoms. The molecular weight excluding hydrogens is 436 g/mol. The van der Waals surface area contributed by atoms with Crippen molar-refractivity contribution >= 4 is 18.3 Å². The SMILES string of the molecule is CC(=O)N[C@@H](Cc1cccc(O)c1)[C@@H](O)CNC1(c2cccc(C(C)C)c2)CCCCC1.Cl. The van der Waals surface area contributed by atoms with E-state index in [1.165, 1.54) is 24.5 Å². The average Bonchev–Trinajstić information content (AvgIpc) is 2.77. The maximum Gasteiger partial charge on any atom is 0.217 e. The van der Waals surface area contributed by atoms with Crippen LogP contribution in [0.5, 0.6) is 5.75 Å². The van der Waals surface area contributed by atoms with Gasteiger partial charge in [0.25, 0.3) is 0 Å². The number of hydrogen-bond donors (Lipinski definition) is 4. The standard InChI is InChI=1S/C27H38N2O3.ClH/c1-19(2)22-10-8-11-23(17-22)27(13-5-4-6-14-27)28-18-26(32)25(29-20(3)30)16-21-9-7-12-24(31)15-21;/h7-12,15,17,19,25-26,28,31-32H,4-6,13-14,16,18H2,1-3H3,(H,29,30);1H/t25-,26-;/m0./s1. The third-order valence-electron chi connectivity index (χ3n) is 6.68. The molecule has 1 aliphatic rings. The number of nitrogens with one attached hydrogen (secondary N) is 2. The van der Waals surface area contributed by atoms with Gasteiger partial charge < -0.3 is 20.8 Å². The van der Waals surface area contributed by atoms with Crippen molar-refractivity contribution in [3.63, 3.8) is 0 Å². The second-order valence-electron chi connectivity index (χ2n) is 9.55. The molecule has 4 N–H and O–H groups in total. The highest BCUT2D eigenvalue weighted by Crippen LogP contribution is 2.38. The Morgan fingerprint density at radius 3 is 2.39 bits per heavy atom. The minimum absolute atomic E-state index is 0. The van der Waals surface area contributed by atoms with Gasteiger partial charge in [-0.05, 0) is 54.0 Å². The van der Waals surface area contributed by atoms with Crippen molar-refractivity contribution < 1.29 is 15.0 Å². The fourth-order valence-electron chi connectivity index (χ4n) is 4.84. The quantitative estimate of drug-likeness (QED) is 0.421. The molecule has 0 saturated heterocycles. The first-order chi connectivity index (χ1) is 15.3. The van der Waals surface area contributed by atoms with Crippen molar-refractivity contribution in [2.24, 2.45) is 0 Å². The maximum absolute atomic E-state index is 11.8. The number of carbonyl (C=O) groups excluding carboxylic acids is 1. The molecule has 5 nitrogen and oxygen atoms in total. The molecule has 0 heterocycles. The van der Waals surface area contributed by atoms with E-state index < -0.39 is 12.1 Å². The van der Waals surface area contributed by atoms with Crippen molar-refractivity contribution in [1.29, 1.82) is 0 Å². The third kappa shape index (κ3) is 7.46. The first kappa shape index (κ1) is 27.2. The molecule has 0 spiro atoms. The van der Waals surface area contributed by atoms with Crippen molar-refractivity contribution in [2.75, 3.05) is 6.54 Å². The van der Waals surface area contributed by atoms with Crippen LogP contribution in [0.4, 0.5) is 0 Å². The minimum Gasteiger partial charge on any atom is -0.508 e. The van der Waals surface area contributed by atoms with E-state index in [0.29, 0.717) is 18.9 Å². The summed E-state index contributed by atoms with van der Waals surface area (Å²) in [4.78, 5) is 11.8. The molecule has 1 aliphatic carbocycles. The van der Waals surface area contributed by atoms with Crippen LogP contribution in [0.2, 0.25) is 0 Å². The molecule has 0 aliphatic heterocycles. The normalized spacial score (nSPS) is 17.1. The number of hydrogen-bond acceptors (Lipinski definition) is 4. The molecule has 1 fully saturated rings. The predicted octanol–water partition coefficient (Wildman–Crippen LogP) is 4.79. The second-order valence-corrected chi connectivity index (χ2v) is 9.55. The Kier molecular flexibility index (Phi) is 10.2. The molecule has 2 aromatic rings. The van der Waals surface area contributed by atoms with Crippen LogP contribution in [-0.2, 0) is 16.8 Å². The summed E-state index contributed by atoms with van der Waals surface area (Å²) in [5.41, 5.74) is 3.34. The Hall–Kier alpha value is -2.08. The Bertz CT molecular complexity index is 896. The first-order valence-electron chi connectivity index (χ1n) is 11.9. The number of phenols is 1. The number of aromatic hydroxyl groups is 1. The van der Waals surface area contributed by atoms with Crippen LogP contribution in [0.3, 0.4) is 0 Å². The van der Waals surface area contributed by atoms with E-state index in [4.69, 9.17) is 0 Å². The molecule has 2 atom stereocenters. The number of amides is 1. The summed E-state index contributed by atoms with van der Waals surface area (Å²) < 4.78 is 0. The zero-order valence-electron chi connectivity index (χ0n) is 20.0. The Balaban J connectivity index is 0.00000385. The molecule has 182 valence electrons. The van der Waals surface area contributed by atoms with E-state index in [2.05, 4.69) is 48.7 Å². The van der Waals surface area contributed by atoms with Crippen molar-refractivity contribution in [2.45, 2.75) is 82.9 Å². The highest BCUT2D eigenvalue weighted by molar-refractivity contribution is 5.85. The number of benzene rings is 2. The van der Waals surface area contributed by atoms with E-state index in [1.54, 1.807) is 18.2 Å². The lowest BCUT2D eigenvalue weighted by Gasteiger charge is -2.40. The van der Waals surface area contributed by atoms with E-state index in [1.807, 2.05) is 6.07 Å². The summed E-state index contributed by atoms with van der Waals surface area (Å²) in [6, 6.07) is 15.4. The van der Waals surface area contributed by atoms with Crippen LogP contribution in [-0.4, -0.2) is 34.8 Å². The molecule has 3 rings (SSSR count). The van der Waals surface area contributed by atoms with Gasteiger partial charge >= 0.3 is 0 Å². The van der Waals surface area contributed by atoms with Crippen LogP contribution in [0.15, 0.2) is 48.5 Å². The summed E-state index contributed by atoms with van der Waals surface area (Å²) in [7, 11) is 0. The summed E-state index contributed by atoms with van der Waals surface area (Å²) in [5.74, 6) is 0.474. The molecule has 0 unspecified atom stereocenters. The zero-order chi connectivity index (χ0) is 23.1. The van der Waals surface area contributed by atoms with Crippen molar-refractivity contribution in [3.8, 4) is 5.75 Å². The fraction of sp³-hybridized carbons (Fsp3) is 0.519. The fourth-order valence-corrected chi connectivity index (χ4v) is 4.84. The van der Waals surface area contributed by atoms with Gasteiger partial charge in [-0.25, -0.2) is 0 Å². The zero-order valence-corrected chi connectivity index (χ0v) is 20.8. The van der Waals surface area contributed by atoms with E-state index >= 15 is 0 Å². The topological polar surface area (TPSA) is 81.6 Å². The molecule has 1 saturated carbocycles. The summed E-state index contributed by atoms with van der Waals surface area (Å²) >= 11 is 0. The van der Waals surface area contributed by atoms with E-state index in [9.17, 15) is 15.0 Å². The van der Waals surface area contributed by atoms with Gasteiger partial charge in [-0.3, -0.25) is 4.79 Å². The second kappa shape index (κ2) is 12.4. The summed E-state index contributed by atoms with van der Waals surface area (Å²) in [6.45, 7) is 6.28. The molecule has 0 aromatic heterocycles. The number of phenolic OH excluding ortho intramolecular Hbond substituents is 1. The van der Waals surface area contributed by atoms with E-state index in [-0.39, 0.29) is 29.6 Å². The maximum atomic E-state index is 11.8. The summed E-state index contributed by atoms with van der Waals surface area (Å²) in [6.07, 6.45) is 5.33. The minimum atomic E-state index is -0.756. The smallest absolute Gasteiger partial charge is 0.217 e. The number of aliphatic hydroxyl groups is 1. The molecular formula is C27H39ClN2O3. The largest absolute Gasteiger partial charge is 0.508 e. The Labute approximate surface area is 204 Å². The number of halogens is 1. The number of aliphatic hydroxyl groups excluding tert-OH is 1. The number of carbonyl (C=O) groups is 1. The van der Waals surface area contributed by atoms with Gasteiger partial charge in [-0.15, -0.1) is 12.4 Å². The average molecular weight is 475 g/mol. The number of rotatable bonds is 9. The van der Waals surface area contributed by atoms with Crippen molar-refractivity contribution in [1.82, 2.24) is 10.6 Å². The lowest BCUT2D eigenvalue weighted by Crippen LogP contribution is -2.53. The van der Waals surface area contributed by atoms with Crippen LogP contribution in [0.1, 0.15) is 75.5 Å². The molecule has 6 heteroatoms. The van der Waals surface area contributed by atoms with Gasteiger partial charge in [0.05, 0.1) is 12.1 Å².